The van der Waals surface area contributed by atoms with Crippen molar-refractivity contribution in [3.05, 3.63) is 77.0 Å². The topological polar surface area (TPSA) is 34.9 Å². The summed E-state index contributed by atoms with van der Waals surface area (Å²) in [5, 5.41) is 4.91. The molecule has 0 aliphatic heterocycles. The van der Waals surface area contributed by atoms with Crippen LogP contribution in [-0.4, -0.2) is 15.7 Å². The van der Waals surface area contributed by atoms with Crippen molar-refractivity contribution < 1.29 is 4.79 Å². The molecule has 0 unspecified atom stereocenters. The number of nitrogens with zero attached hydrogens (tertiary/aromatic N) is 2. The monoisotopic (exact) mass is 372 g/mol. The maximum atomic E-state index is 13.4. The molecule has 0 saturated heterocycles. The van der Waals surface area contributed by atoms with E-state index in [1.165, 1.54) is 5.56 Å². The lowest BCUT2D eigenvalue weighted by Gasteiger charge is -2.30. The van der Waals surface area contributed by atoms with Gasteiger partial charge in [0.05, 0.1) is 11.4 Å². The highest BCUT2D eigenvalue weighted by Crippen LogP contribution is 2.46. The molecule has 28 heavy (non-hydrogen) atoms. The lowest BCUT2D eigenvalue weighted by Crippen LogP contribution is -2.24. The van der Waals surface area contributed by atoms with Crippen LogP contribution in [0.3, 0.4) is 0 Å². The first kappa shape index (κ1) is 18.7. The van der Waals surface area contributed by atoms with Crippen LogP contribution in [0.5, 0.6) is 0 Å². The van der Waals surface area contributed by atoms with Gasteiger partial charge in [-0.3, -0.25) is 4.79 Å². The van der Waals surface area contributed by atoms with Gasteiger partial charge in [-0.2, -0.15) is 9.78 Å². The molecule has 0 saturated carbocycles. The van der Waals surface area contributed by atoms with E-state index in [4.69, 9.17) is 5.10 Å². The van der Waals surface area contributed by atoms with Crippen molar-refractivity contribution in [1.82, 2.24) is 9.78 Å². The zero-order valence-corrected chi connectivity index (χ0v) is 17.1. The zero-order chi connectivity index (χ0) is 19.8. The molecule has 0 bridgehead atoms. The number of carbonyl (C=O) groups is 1. The Morgan fingerprint density at radius 1 is 1.04 bits per heavy atom. The summed E-state index contributed by atoms with van der Waals surface area (Å²) >= 11 is 0. The summed E-state index contributed by atoms with van der Waals surface area (Å²) in [5.41, 5.74) is 6.28. The summed E-state index contributed by atoms with van der Waals surface area (Å²) in [7, 11) is 0. The van der Waals surface area contributed by atoms with Crippen LogP contribution in [0.2, 0.25) is 0 Å². The number of hydrogen-bond donors (Lipinski definition) is 0. The van der Waals surface area contributed by atoms with Crippen LogP contribution < -0.4 is 0 Å². The van der Waals surface area contributed by atoms with E-state index in [-0.39, 0.29) is 5.91 Å². The number of benzene rings is 2. The van der Waals surface area contributed by atoms with Gasteiger partial charge >= 0.3 is 0 Å². The third-order valence-electron chi connectivity index (χ3n) is 6.06. The SMILES string of the molecule is Cc1ccc(C(=O)n2nc(-c3ccccc3)c3c2[C@H](C(C)C)CC[C@H]3C)cc1. The number of carbonyl (C=O) groups excluding carboxylic acids is 1. The Hall–Kier alpha value is -2.68. The van der Waals surface area contributed by atoms with E-state index in [1.54, 1.807) is 4.68 Å². The van der Waals surface area contributed by atoms with Crippen molar-refractivity contribution in [2.75, 3.05) is 0 Å². The van der Waals surface area contributed by atoms with Gasteiger partial charge in [0.15, 0.2) is 0 Å². The largest absolute Gasteiger partial charge is 0.278 e. The van der Waals surface area contributed by atoms with E-state index >= 15 is 0 Å². The predicted molar refractivity (Wildman–Crippen MR) is 114 cm³/mol. The van der Waals surface area contributed by atoms with E-state index in [0.717, 1.165) is 35.4 Å². The second-order valence-corrected chi connectivity index (χ2v) is 8.43. The normalized spacial score (nSPS) is 18.9. The van der Waals surface area contributed by atoms with Crippen molar-refractivity contribution in [2.45, 2.75) is 52.4 Å². The molecule has 3 nitrogen and oxygen atoms in total. The number of hydrogen-bond acceptors (Lipinski definition) is 2. The molecule has 3 aromatic rings. The predicted octanol–water partition coefficient (Wildman–Crippen LogP) is 6.18. The third kappa shape index (κ3) is 3.19. The number of aromatic nitrogens is 2. The van der Waals surface area contributed by atoms with Crippen molar-refractivity contribution in [2.24, 2.45) is 5.92 Å². The Labute approximate surface area is 167 Å². The molecular formula is C25H28N2O. The van der Waals surface area contributed by atoms with E-state index < -0.39 is 0 Å². The zero-order valence-electron chi connectivity index (χ0n) is 17.1. The molecule has 2 atom stereocenters. The fraction of sp³-hybridized carbons (Fsp3) is 0.360. The van der Waals surface area contributed by atoms with Crippen LogP contribution in [-0.2, 0) is 0 Å². The highest BCUT2D eigenvalue weighted by Gasteiger charge is 2.36. The minimum absolute atomic E-state index is 0.0295. The van der Waals surface area contributed by atoms with E-state index in [9.17, 15) is 4.79 Å². The number of rotatable bonds is 3. The third-order valence-corrected chi connectivity index (χ3v) is 6.06. The fourth-order valence-electron chi connectivity index (χ4n) is 4.43. The average molecular weight is 373 g/mol. The molecule has 144 valence electrons. The van der Waals surface area contributed by atoms with Crippen LogP contribution in [0, 0.1) is 12.8 Å². The highest BCUT2D eigenvalue weighted by atomic mass is 16.2. The van der Waals surface area contributed by atoms with Gasteiger partial charge in [-0.25, -0.2) is 0 Å². The van der Waals surface area contributed by atoms with Crippen molar-refractivity contribution in [3.63, 3.8) is 0 Å². The Balaban J connectivity index is 1.93. The van der Waals surface area contributed by atoms with Gasteiger partial charge in [0.2, 0.25) is 0 Å². The molecule has 4 rings (SSSR count). The Bertz CT molecular complexity index is 983. The lowest BCUT2D eigenvalue weighted by molar-refractivity contribution is 0.0937. The van der Waals surface area contributed by atoms with Gasteiger partial charge in [-0.15, -0.1) is 0 Å². The maximum absolute atomic E-state index is 13.4. The van der Waals surface area contributed by atoms with Gasteiger partial charge in [0, 0.05) is 22.6 Å². The molecule has 1 aliphatic rings. The van der Waals surface area contributed by atoms with E-state index in [0.29, 0.717) is 23.3 Å². The van der Waals surface area contributed by atoms with E-state index in [1.807, 2.05) is 49.4 Å². The van der Waals surface area contributed by atoms with Gasteiger partial charge in [-0.1, -0.05) is 68.8 Å². The second kappa shape index (κ2) is 7.38. The lowest BCUT2D eigenvalue weighted by atomic mass is 9.75. The van der Waals surface area contributed by atoms with Crippen molar-refractivity contribution in [3.8, 4) is 11.3 Å². The second-order valence-electron chi connectivity index (χ2n) is 8.43. The molecule has 2 aromatic carbocycles. The van der Waals surface area contributed by atoms with Crippen molar-refractivity contribution in [1.29, 1.82) is 0 Å². The van der Waals surface area contributed by atoms with E-state index in [2.05, 4.69) is 32.9 Å². The summed E-state index contributed by atoms with van der Waals surface area (Å²) in [6, 6.07) is 18.1. The molecule has 0 N–H and O–H groups in total. The van der Waals surface area contributed by atoms with Crippen molar-refractivity contribution >= 4 is 5.91 Å². The standard InChI is InChI=1S/C25H28N2O/c1-16(2)21-15-12-18(4)22-23(19-8-6-5-7-9-19)26-27(24(21)22)25(28)20-13-10-17(3)11-14-20/h5-11,13-14,16,18,21H,12,15H2,1-4H3/t18-,21+/m1/s1. The summed E-state index contributed by atoms with van der Waals surface area (Å²) in [6.45, 7) is 8.80. The molecule has 1 aliphatic carbocycles. The quantitative estimate of drug-likeness (QED) is 0.550. The fourth-order valence-corrected chi connectivity index (χ4v) is 4.43. The van der Waals surface area contributed by atoms with Gasteiger partial charge < -0.3 is 0 Å². The molecule has 0 fully saturated rings. The minimum atomic E-state index is -0.0295. The van der Waals surface area contributed by atoms with Gasteiger partial charge in [0.1, 0.15) is 0 Å². The van der Waals surface area contributed by atoms with Crippen LogP contribution >= 0.6 is 0 Å². The molecular weight excluding hydrogens is 344 g/mol. The Morgan fingerprint density at radius 3 is 2.36 bits per heavy atom. The summed E-state index contributed by atoms with van der Waals surface area (Å²) in [5.74, 6) is 1.19. The first-order valence-corrected chi connectivity index (χ1v) is 10.3. The van der Waals surface area contributed by atoms with Gasteiger partial charge in [-0.05, 0) is 43.7 Å². The smallest absolute Gasteiger partial charge is 0.267 e. The number of fused-ring (bicyclic) bond motifs is 1. The summed E-state index contributed by atoms with van der Waals surface area (Å²) < 4.78 is 1.71. The first-order chi connectivity index (χ1) is 13.5. The molecule has 0 amide bonds. The summed E-state index contributed by atoms with van der Waals surface area (Å²) in [6.07, 6.45) is 2.24. The average Bonchev–Trinajstić information content (AvgIpc) is 3.10. The van der Waals surface area contributed by atoms with Gasteiger partial charge in [0.25, 0.3) is 5.91 Å². The first-order valence-electron chi connectivity index (χ1n) is 10.3. The number of aryl methyl sites for hydroxylation is 1. The van der Waals surface area contributed by atoms with Crippen LogP contribution in [0.1, 0.15) is 72.6 Å². The highest BCUT2D eigenvalue weighted by molar-refractivity contribution is 5.96. The minimum Gasteiger partial charge on any atom is -0.267 e. The van der Waals surface area contributed by atoms with Crippen LogP contribution in [0.15, 0.2) is 54.6 Å². The molecule has 1 aromatic heterocycles. The maximum Gasteiger partial charge on any atom is 0.278 e. The molecule has 1 heterocycles. The van der Waals surface area contributed by atoms with Crippen LogP contribution in [0.25, 0.3) is 11.3 Å². The molecule has 0 radical (unpaired) electrons. The summed E-state index contributed by atoms with van der Waals surface area (Å²) in [4.78, 5) is 13.4. The molecule has 0 spiro atoms. The Morgan fingerprint density at radius 2 is 1.71 bits per heavy atom. The molecule has 3 heteroatoms. The van der Waals surface area contributed by atoms with Crippen LogP contribution in [0.4, 0.5) is 0 Å². The Kier molecular flexibility index (Phi) is 4.92.